The number of benzene rings is 7. The van der Waals surface area contributed by atoms with Crippen LogP contribution in [0.25, 0.3) is 22.3 Å². The minimum atomic E-state index is -0.140. The van der Waals surface area contributed by atoms with Crippen molar-refractivity contribution in [3.05, 3.63) is 163 Å². The van der Waals surface area contributed by atoms with E-state index in [4.69, 9.17) is 18.9 Å². The summed E-state index contributed by atoms with van der Waals surface area (Å²) in [6.07, 6.45) is 0.0270. The molecule has 0 amide bonds. The molecular formula is C56H53B2NO4. The average Bonchev–Trinajstić information content (AvgIpc) is 4.19. The molecule has 312 valence electrons. The second kappa shape index (κ2) is 14.8. The summed E-state index contributed by atoms with van der Waals surface area (Å²) in [4.78, 5) is 2.61. The summed E-state index contributed by atoms with van der Waals surface area (Å²) >= 11 is 0. The predicted octanol–water partition coefficient (Wildman–Crippen LogP) is 8.99. The van der Waals surface area contributed by atoms with Gasteiger partial charge in [0.1, 0.15) is 23.7 Å². The molecule has 4 unspecified atom stereocenters. The first kappa shape index (κ1) is 39.8. The molecule has 63 heavy (non-hydrogen) atoms. The molecule has 0 radical (unpaired) electrons. The Labute approximate surface area is 373 Å². The lowest BCUT2D eigenvalue weighted by Gasteiger charge is -2.44. The van der Waals surface area contributed by atoms with E-state index in [0.717, 1.165) is 22.6 Å². The van der Waals surface area contributed by atoms with Crippen LogP contribution in [0.15, 0.2) is 152 Å². The lowest BCUT2D eigenvalue weighted by molar-refractivity contribution is 0.178. The van der Waals surface area contributed by atoms with Gasteiger partial charge in [-0.15, -0.1) is 0 Å². The molecule has 4 heterocycles. The van der Waals surface area contributed by atoms with E-state index < -0.39 is 0 Å². The standard InChI is InChI=1S/C56H53B2NO4/c1-34-53(60-34)62-44-26-16-38(17-27-44)36-12-22-42(23-13-36)57-46-30-20-40(55(3,4)5)32-50(46)59-51-33-41(56(6,7)8)21-31-47(51)58(49-11-9-10-48(57)52(49)59)43-24-14-37(15-25-43)39-18-28-45(29-19-39)63-54-35(2)61-54/h9-35,53-54H,1-8H3. The third kappa shape index (κ3) is 7.25. The number of ether oxygens (including phenoxy) is 4. The third-order valence-corrected chi connectivity index (χ3v) is 13.5. The largest absolute Gasteiger partial charge is 0.462 e. The minimum absolute atomic E-state index is 0.0236. The number of hydrogen-bond acceptors (Lipinski definition) is 5. The zero-order chi connectivity index (χ0) is 43.4. The first-order valence-corrected chi connectivity index (χ1v) is 22.6. The van der Waals surface area contributed by atoms with Crippen molar-refractivity contribution in [2.24, 2.45) is 0 Å². The summed E-state index contributed by atoms with van der Waals surface area (Å²) < 4.78 is 22.8. The molecule has 11 rings (SSSR count). The lowest BCUT2D eigenvalue weighted by Crippen LogP contribution is -2.65. The van der Waals surface area contributed by atoms with Crippen molar-refractivity contribution in [1.82, 2.24) is 0 Å². The second-order valence-electron chi connectivity index (χ2n) is 20.0. The van der Waals surface area contributed by atoms with E-state index in [1.807, 2.05) is 38.1 Å². The lowest BCUT2D eigenvalue weighted by atomic mass is 9.30. The molecular weight excluding hydrogens is 772 g/mol. The van der Waals surface area contributed by atoms with Crippen LogP contribution < -0.4 is 47.2 Å². The van der Waals surface area contributed by atoms with E-state index in [1.54, 1.807) is 0 Å². The van der Waals surface area contributed by atoms with Crippen molar-refractivity contribution < 1.29 is 18.9 Å². The molecule has 7 aromatic rings. The zero-order valence-corrected chi connectivity index (χ0v) is 37.5. The molecule has 0 spiro atoms. The van der Waals surface area contributed by atoms with Gasteiger partial charge < -0.3 is 23.8 Å². The summed E-state index contributed by atoms with van der Waals surface area (Å²) in [6, 6.07) is 56.7. The van der Waals surface area contributed by atoms with Crippen LogP contribution in [0.5, 0.6) is 11.5 Å². The first-order valence-electron chi connectivity index (χ1n) is 22.6. The van der Waals surface area contributed by atoms with Gasteiger partial charge in [-0.05, 0) is 116 Å². The van der Waals surface area contributed by atoms with Gasteiger partial charge in [0, 0.05) is 17.1 Å². The van der Waals surface area contributed by atoms with E-state index >= 15 is 0 Å². The molecule has 5 nitrogen and oxygen atoms in total. The van der Waals surface area contributed by atoms with E-state index in [2.05, 4.69) is 174 Å². The highest BCUT2D eigenvalue weighted by atomic mass is 16.8. The van der Waals surface area contributed by atoms with Gasteiger partial charge in [-0.2, -0.15) is 0 Å². The van der Waals surface area contributed by atoms with Gasteiger partial charge in [0.15, 0.2) is 0 Å². The van der Waals surface area contributed by atoms with E-state index in [-0.39, 0.29) is 49.0 Å². The van der Waals surface area contributed by atoms with Crippen molar-refractivity contribution in [2.45, 2.75) is 91.0 Å². The second-order valence-corrected chi connectivity index (χ2v) is 20.0. The molecule has 2 fully saturated rings. The summed E-state index contributed by atoms with van der Waals surface area (Å²) in [6.45, 7) is 18.1. The first-order chi connectivity index (χ1) is 30.3. The maximum atomic E-state index is 5.94. The highest BCUT2D eigenvalue weighted by Crippen LogP contribution is 2.41. The van der Waals surface area contributed by atoms with Crippen molar-refractivity contribution in [3.8, 4) is 33.8 Å². The van der Waals surface area contributed by atoms with Gasteiger partial charge in [0.25, 0.3) is 0 Å². The average molecular weight is 826 g/mol. The molecule has 0 saturated carbocycles. The molecule has 0 aliphatic carbocycles. The Morgan fingerprint density at radius 2 is 0.794 bits per heavy atom. The van der Waals surface area contributed by atoms with Crippen LogP contribution in [0.4, 0.5) is 17.1 Å². The maximum Gasteiger partial charge on any atom is 0.246 e. The molecule has 2 saturated heterocycles. The monoisotopic (exact) mass is 825 g/mol. The smallest absolute Gasteiger partial charge is 0.246 e. The van der Waals surface area contributed by atoms with Crippen molar-refractivity contribution >= 4 is 63.3 Å². The molecule has 0 bridgehead atoms. The Balaban J connectivity index is 1.03. The number of nitrogens with zero attached hydrogens (tertiary/aromatic N) is 1. The van der Waals surface area contributed by atoms with Gasteiger partial charge in [-0.25, -0.2) is 0 Å². The molecule has 0 N–H and O–H groups in total. The summed E-state index contributed by atoms with van der Waals surface area (Å²) in [5, 5.41) is 0. The Bertz CT molecular complexity index is 2670. The van der Waals surface area contributed by atoms with Gasteiger partial charge in [-0.1, -0.05) is 168 Å². The van der Waals surface area contributed by atoms with Gasteiger partial charge in [0.2, 0.25) is 26.0 Å². The van der Waals surface area contributed by atoms with Crippen LogP contribution in [0.3, 0.4) is 0 Å². The minimum Gasteiger partial charge on any atom is -0.462 e. The molecule has 7 heteroatoms. The van der Waals surface area contributed by atoms with E-state index in [1.165, 1.54) is 72.1 Å². The van der Waals surface area contributed by atoms with Crippen LogP contribution in [0.2, 0.25) is 0 Å². The quantitative estimate of drug-likeness (QED) is 0.113. The Kier molecular flexibility index (Phi) is 9.35. The number of rotatable bonds is 8. The van der Waals surface area contributed by atoms with Crippen molar-refractivity contribution in [1.29, 1.82) is 0 Å². The number of fused-ring (bicyclic) bond motifs is 4. The predicted molar refractivity (Wildman–Crippen MR) is 262 cm³/mol. The third-order valence-electron chi connectivity index (χ3n) is 13.5. The van der Waals surface area contributed by atoms with Crippen LogP contribution in [-0.4, -0.2) is 38.2 Å². The Hall–Kier alpha value is -6.01. The SMILES string of the molecule is CC1OC1Oc1ccc(-c2ccc(B3c4ccc(C(C)(C)C)cc4N4c5cc(C(C)(C)C)ccc5B(c5ccc(-c6ccc(OC7OC7C)cc6)cc5)c5cccc3c54)cc2)cc1. The van der Waals surface area contributed by atoms with Gasteiger partial charge >= 0.3 is 0 Å². The fourth-order valence-corrected chi connectivity index (χ4v) is 9.66. The van der Waals surface area contributed by atoms with Crippen LogP contribution >= 0.6 is 0 Å². The number of hydrogen-bond donors (Lipinski definition) is 0. The zero-order valence-electron chi connectivity index (χ0n) is 37.5. The molecule has 4 aliphatic heterocycles. The van der Waals surface area contributed by atoms with Crippen LogP contribution in [0.1, 0.15) is 66.5 Å². The number of epoxide rings is 2. The number of para-hydroxylation sites is 1. The molecule has 4 aliphatic rings. The van der Waals surface area contributed by atoms with Crippen molar-refractivity contribution in [3.63, 3.8) is 0 Å². The van der Waals surface area contributed by atoms with E-state index in [0.29, 0.717) is 0 Å². The highest BCUT2D eigenvalue weighted by Gasteiger charge is 2.44. The fraction of sp³-hybridized carbons (Fsp3) is 0.250. The number of anilines is 3. The maximum absolute atomic E-state index is 5.94. The Morgan fingerprint density at radius 1 is 0.444 bits per heavy atom. The normalized spacial score (nSPS) is 19.5. The topological polar surface area (TPSA) is 46.8 Å². The highest BCUT2D eigenvalue weighted by molar-refractivity contribution is 7.02. The molecule has 0 aromatic heterocycles. The van der Waals surface area contributed by atoms with Crippen LogP contribution in [-0.2, 0) is 20.3 Å². The van der Waals surface area contributed by atoms with E-state index in [9.17, 15) is 0 Å². The van der Waals surface area contributed by atoms with Gasteiger partial charge in [-0.3, -0.25) is 0 Å². The molecule has 4 atom stereocenters. The summed E-state index contributed by atoms with van der Waals surface area (Å²) in [5.74, 6) is 1.66. The molecule has 7 aromatic carbocycles. The van der Waals surface area contributed by atoms with Gasteiger partial charge in [0.05, 0.1) is 0 Å². The summed E-state index contributed by atoms with van der Waals surface area (Å²) in [5.41, 5.74) is 19.0. The summed E-state index contributed by atoms with van der Waals surface area (Å²) in [7, 11) is 0. The van der Waals surface area contributed by atoms with Crippen molar-refractivity contribution in [2.75, 3.05) is 4.90 Å². The Morgan fingerprint density at radius 3 is 1.13 bits per heavy atom. The van der Waals surface area contributed by atoms with Crippen LogP contribution in [0, 0.1) is 0 Å². The fourth-order valence-electron chi connectivity index (χ4n) is 9.66.